The number of phosphoric acid groups is 1. The quantitative estimate of drug-likeness (QED) is 0.548. The van der Waals surface area contributed by atoms with E-state index in [9.17, 15) is 4.57 Å². The zero-order valence-electron chi connectivity index (χ0n) is 6.08. The van der Waals surface area contributed by atoms with Crippen LogP contribution in [0.1, 0.15) is 0 Å². The van der Waals surface area contributed by atoms with E-state index in [1.807, 2.05) is 0 Å². The van der Waals surface area contributed by atoms with Crippen molar-refractivity contribution in [1.29, 1.82) is 0 Å². The van der Waals surface area contributed by atoms with Gasteiger partial charge in [-0.05, 0) is 12.1 Å². The van der Waals surface area contributed by atoms with E-state index in [0.29, 0.717) is 0 Å². The predicted molar refractivity (Wildman–Crippen MR) is 42.2 cm³/mol. The molecule has 1 aromatic rings. The molecular formula is C6H8NO4P. The van der Waals surface area contributed by atoms with Crippen molar-refractivity contribution < 1.29 is 18.6 Å². The first-order valence-corrected chi connectivity index (χ1v) is 4.59. The van der Waals surface area contributed by atoms with Crippen LogP contribution in [0, 0.1) is 0 Å². The minimum absolute atomic E-state index is 0.230. The van der Waals surface area contributed by atoms with E-state index in [-0.39, 0.29) is 5.75 Å². The molecule has 0 radical (unpaired) electrons. The smallest absolute Gasteiger partial charge is 0.403 e. The Morgan fingerprint density at radius 2 is 1.92 bits per heavy atom. The molecule has 6 heteroatoms. The Morgan fingerprint density at radius 3 is 2.42 bits per heavy atom. The van der Waals surface area contributed by atoms with Crippen LogP contribution in [0.25, 0.3) is 0 Å². The van der Waals surface area contributed by atoms with Gasteiger partial charge in [-0.25, -0.2) is 10.5 Å². The Morgan fingerprint density at radius 1 is 1.33 bits per heavy atom. The van der Waals surface area contributed by atoms with E-state index in [2.05, 4.69) is 15.0 Å². The number of benzene rings is 1. The molecule has 0 bridgehead atoms. The van der Waals surface area contributed by atoms with E-state index in [0.717, 1.165) is 0 Å². The lowest BCUT2D eigenvalue weighted by atomic mass is 10.3. The monoisotopic (exact) mass is 189 g/mol. The molecule has 1 aromatic carbocycles. The second kappa shape index (κ2) is 3.69. The van der Waals surface area contributed by atoms with Gasteiger partial charge in [0.25, 0.3) is 0 Å². The molecule has 1 unspecified atom stereocenters. The molecule has 1 atom stereocenters. The van der Waals surface area contributed by atoms with Gasteiger partial charge in [-0.1, -0.05) is 18.2 Å². The van der Waals surface area contributed by atoms with Gasteiger partial charge in [-0.2, -0.15) is 4.62 Å². The standard InChI is InChI=1S/C6H8NO4P/c7-11-12(8,9)10-6-4-2-1-3-5-6/h1-5H,7H2,(H,8,9). The number of phosphoric ester groups is 1. The van der Waals surface area contributed by atoms with Gasteiger partial charge in [0.2, 0.25) is 0 Å². The Kier molecular flexibility index (Phi) is 2.83. The van der Waals surface area contributed by atoms with E-state index >= 15 is 0 Å². The highest BCUT2D eigenvalue weighted by molar-refractivity contribution is 7.47. The van der Waals surface area contributed by atoms with Crippen molar-refractivity contribution in [2.24, 2.45) is 5.90 Å². The molecule has 0 saturated carbocycles. The van der Waals surface area contributed by atoms with Crippen LogP contribution in [0.2, 0.25) is 0 Å². The fraction of sp³-hybridized carbons (Fsp3) is 0. The largest absolute Gasteiger partial charge is 0.544 e. The maximum atomic E-state index is 10.7. The highest BCUT2D eigenvalue weighted by Gasteiger charge is 2.20. The zero-order valence-corrected chi connectivity index (χ0v) is 6.98. The molecule has 0 spiro atoms. The van der Waals surface area contributed by atoms with Crippen LogP contribution in [-0.4, -0.2) is 4.89 Å². The van der Waals surface area contributed by atoms with Gasteiger partial charge in [0.15, 0.2) is 0 Å². The van der Waals surface area contributed by atoms with Gasteiger partial charge in [0, 0.05) is 0 Å². The van der Waals surface area contributed by atoms with Gasteiger partial charge in [-0.3, -0.25) is 4.89 Å². The molecule has 3 N–H and O–H groups in total. The summed E-state index contributed by atoms with van der Waals surface area (Å²) in [4.78, 5) is 8.76. The normalized spacial score (nSPS) is 15.2. The Hall–Kier alpha value is -0.870. The summed E-state index contributed by atoms with van der Waals surface area (Å²) in [5.41, 5.74) is 0. The van der Waals surface area contributed by atoms with Crippen LogP contribution in [0.4, 0.5) is 0 Å². The van der Waals surface area contributed by atoms with Crippen molar-refractivity contribution in [3.63, 3.8) is 0 Å². The number of hydrogen-bond donors (Lipinski definition) is 2. The first kappa shape index (κ1) is 9.22. The van der Waals surface area contributed by atoms with Crippen molar-refractivity contribution in [1.82, 2.24) is 0 Å². The van der Waals surface area contributed by atoms with Gasteiger partial charge in [0.1, 0.15) is 5.75 Å². The maximum absolute atomic E-state index is 10.7. The summed E-state index contributed by atoms with van der Waals surface area (Å²) in [5, 5.41) is 0. The maximum Gasteiger partial charge on any atom is 0.544 e. The average molecular weight is 189 g/mol. The molecule has 66 valence electrons. The third-order valence-corrected chi connectivity index (χ3v) is 1.81. The molecular weight excluding hydrogens is 181 g/mol. The minimum atomic E-state index is -4.12. The third kappa shape index (κ3) is 2.64. The number of hydrogen-bond acceptors (Lipinski definition) is 4. The van der Waals surface area contributed by atoms with Crippen LogP contribution in [0.15, 0.2) is 30.3 Å². The fourth-order valence-corrected chi connectivity index (χ4v) is 1.07. The summed E-state index contributed by atoms with van der Waals surface area (Å²) in [6.07, 6.45) is 0. The number of para-hydroxylation sites is 1. The van der Waals surface area contributed by atoms with E-state index in [1.165, 1.54) is 12.1 Å². The average Bonchev–Trinajstić information content (AvgIpc) is 2.06. The van der Waals surface area contributed by atoms with Crippen molar-refractivity contribution in [2.45, 2.75) is 0 Å². The Bertz CT molecular complexity index is 289. The molecule has 5 nitrogen and oxygen atoms in total. The Balaban J connectivity index is 2.71. The number of nitrogens with two attached hydrogens (primary N) is 1. The summed E-state index contributed by atoms with van der Waals surface area (Å²) in [6, 6.07) is 8.10. The van der Waals surface area contributed by atoms with Crippen LogP contribution >= 0.6 is 7.82 Å². The number of rotatable bonds is 3. The summed E-state index contributed by atoms with van der Waals surface area (Å²) in [7, 11) is -4.12. The lowest BCUT2D eigenvalue weighted by Gasteiger charge is -2.08. The second-order valence-corrected chi connectivity index (χ2v) is 3.31. The van der Waals surface area contributed by atoms with Crippen LogP contribution < -0.4 is 10.4 Å². The molecule has 0 aliphatic rings. The van der Waals surface area contributed by atoms with Crippen LogP contribution in [0.5, 0.6) is 5.75 Å². The molecule has 0 aromatic heterocycles. The molecule has 0 aliphatic heterocycles. The molecule has 0 aliphatic carbocycles. The lowest BCUT2D eigenvalue weighted by molar-refractivity contribution is 0.208. The van der Waals surface area contributed by atoms with E-state index < -0.39 is 7.82 Å². The summed E-state index contributed by atoms with van der Waals surface area (Å²) in [5.74, 6) is 4.75. The highest BCUT2D eigenvalue weighted by atomic mass is 31.2. The first-order valence-electron chi connectivity index (χ1n) is 3.10. The predicted octanol–water partition coefficient (Wildman–Crippen LogP) is 1.06. The molecule has 0 saturated heterocycles. The van der Waals surface area contributed by atoms with Crippen LogP contribution in [-0.2, 0) is 9.19 Å². The fourth-order valence-electron chi connectivity index (χ4n) is 0.636. The van der Waals surface area contributed by atoms with Gasteiger partial charge in [0.05, 0.1) is 0 Å². The summed E-state index contributed by atoms with van der Waals surface area (Å²) in [6.45, 7) is 0. The molecule has 0 fully saturated rings. The molecule has 0 amide bonds. The topological polar surface area (TPSA) is 81.8 Å². The molecule has 1 rings (SSSR count). The third-order valence-electron chi connectivity index (χ3n) is 1.10. The van der Waals surface area contributed by atoms with Crippen molar-refractivity contribution in [3.8, 4) is 5.75 Å². The second-order valence-electron chi connectivity index (χ2n) is 1.98. The summed E-state index contributed by atoms with van der Waals surface area (Å²) < 4.78 is 19.0. The van der Waals surface area contributed by atoms with Gasteiger partial charge in [-0.15, -0.1) is 0 Å². The lowest BCUT2D eigenvalue weighted by Crippen LogP contribution is -2.01. The summed E-state index contributed by atoms with van der Waals surface area (Å²) >= 11 is 0. The Labute approximate surface area is 69.3 Å². The SMILES string of the molecule is NOP(=O)(O)Oc1ccccc1. The zero-order chi connectivity index (χ0) is 9.03. The molecule has 0 heterocycles. The van der Waals surface area contributed by atoms with Crippen molar-refractivity contribution in [3.05, 3.63) is 30.3 Å². The van der Waals surface area contributed by atoms with Gasteiger partial charge >= 0.3 is 7.82 Å². The first-order chi connectivity index (χ1) is 5.64. The minimum Gasteiger partial charge on any atom is -0.403 e. The van der Waals surface area contributed by atoms with E-state index in [1.54, 1.807) is 18.2 Å². The highest BCUT2D eigenvalue weighted by Crippen LogP contribution is 2.41. The van der Waals surface area contributed by atoms with Gasteiger partial charge < -0.3 is 4.52 Å². The van der Waals surface area contributed by atoms with E-state index in [4.69, 9.17) is 4.89 Å². The molecule has 12 heavy (non-hydrogen) atoms. The van der Waals surface area contributed by atoms with Crippen molar-refractivity contribution in [2.75, 3.05) is 0 Å². The van der Waals surface area contributed by atoms with Crippen molar-refractivity contribution >= 4 is 7.82 Å². The van der Waals surface area contributed by atoms with Crippen LogP contribution in [0.3, 0.4) is 0 Å².